The molecule has 0 aliphatic carbocycles. The zero-order valence-corrected chi connectivity index (χ0v) is 32.8. The zero-order chi connectivity index (χ0) is 35.6. The van der Waals surface area contributed by atoms with E-state index < -0.39 is 13.9 Å². The monoisotopic (exact) mass is 702 g/mol. The van der Waals surface area contributed by atoms with Crippen LogP contribution in [0.4, 0.5) is 0 Å². The zero-order valence-electron chi connectivity index (χ0n) is 31.9. The van der Waals surface area contributed by atoms with Gasteiger partial charge in [-0.15, -0.1) is 0 Å². The van der Waals surface area contributed by atoms with E-state index in [0.29, 0.717) is 24.1 Å². The molecule has 0 heterocycles. The number of unbranched alkanes of at least 4 members (excludes halogenated alkanes) is 18. The molecule has 0 spiro atoms. The molecule has 0 saturated carbocycles. The van der Waals surface area contributed by atoms with E-state index >= 15 is 0 Å². The van der Waals surface area contributed by atoms with Crippen molar-refractivity contribution in [3.63, 3.8) is 0 Å². The summed E-state index contributed by atoms with van der Waals surface area (Å²) in [5.74, 6) is -0.341. The van der Waals surface area contributed by atoms with E-state index in [2.05, 4.69) is 38.2 Å². The normalized spacial score (nSPS) is 14.2. The smallest absolute Gasteiger partial charge is 0.306 e. The molecular formula is C39H76NO7P. The molecule has 0 bridgehead atoms. The molecule has 0 aromatic heterocycles. The number of hydrogen-bond acceptors (Lipinski definition) is 7. The average Bonchev–Trinajstić information content (AvgIpc) is 3.03. The minimum absolute atomic E-state index is 0.0264. The summed E-state index contributed by atoms with van der Waals surface area (Å²) in [5, 5.41) is 0. The Balaban J connectivity index is 4.16. The highest BCUT2D eigenvalue weighted by molar-refractivity contribution is 7.45. The Bertz CT molecular complexity index is 828. The number of nitrogens with zero attached hydrogens (tertiary/aromatic N) is 1. The van der Waals surface area contributed by atoms with Gasteiger partial charge in [-0.1, -0.05) is 134 Å². The summed E-state index contributed by atoms with van der Waals surface area (Å²) in [4.78, 5) is 24.9. The van der Waals surface area contributed by atoms with Crippen LogP contribution in [0.15, 0.2) is 24.3 Å². The summed E-state index contributed by atoms with van der Waals surface area (Å²) in [6.07, 6.45) is 34.8. The Labute approximate surface area is 296 Å². The first-order valence-corrected chi connectivity index (χ1v) is 21.0. The predicted octanol–water partition coefficient (Wildman–Crippen LogP) is 10.2. The Hall–Kier alpha value is -1.02. The molecule has 284 valence electrons. The van der Waals surface area contributed by atoms with Gasteiger partial charge in [-0.25, -0.2) is 0 Å². The van der Waals surface area contributed by atoms with Crippen molar-refractivity contribution in [3.05, 3.63) is 24.3 Å². The van der Waals surface area contributed by atoms with Crippen LogP contribution in [0, 0.1) is 0 Å². The summed E-state index contributed by atoms with van der Waals surface area (Å²) in [6, 6.07) is 0. The number of likely N-dealkylation sites (N-methyl/N-ethyl adjacent to an activating group) is 1. The average molecular weight is 702 g/mol. The number of esters is 1. The van der Waals surface area contributed by atoms with Crippen molar-refractivity contribution in [2.45, 2.75) is 168 Å². The number of rotatable bonds is 36. The molecule has 9 heteroatoms. The summed E-state index contributed by atoms with van der Waals surface area (Å²) >= 11 is 0. The number of ether oxygens (including phenoxy) is 2. The second-order valence-corrected chi connectivity index (χ2v) is 15.7. The fraction of sp³-hybridized carbons (Fsp3) is 0.872. The SMILES string of the molecule is CCCCC/C=C\C/C=C\CCCCCCCCCCCC(=O)OC(COCCCCCCCCC)COP(=O)([O-])OCC[N+](C)(C)C. The minimum atomic E-state index is -4.51. The second-order valence-electron chi connectivity index (χ2n) is 14.3. The first-order chi connectivity index (χ1) is 23.1. The van der Waals surface area contributed by atoms with Gasteiger partial charge in [0.25, 0.3) is 7.82 Å². The lowest BCUT2D eigenvalue weighted by molar-refractivity contribution is -0.870. The first-order valence-electron chi connectivity index (χ1n) is 19.6. The van der Waals surface area contributed by atoms with Gasteiger partial charge in [0.2, 0.25) is 0 Å². The van der Waals surface area contributed by atoms with Crippen LogP contribution in [0.1, 0.15) is 162 Å². The molecule has 0 rings (SSSR count). The van der Waals surface area contributed by atoms with Gasteiger partial charge in [-0.2, -0.15) is 0 Å². The molecule has 0 N–H and O–H groups in total. The van der Waals surface area contributed by atoms with Crippen LogP contribution in [0.25, 0.3) is 0 Å². The fourth-order valence-corrected chi connectivity index (χ4v) is 5.89. The Morgan fingerprint density at radius 2 is 1.15 bits per heavy atom. The van der Waals surface area contributed by atoms with Gasteiger partial charge in [-0.3, -0.25) is 9.36 Å². The highest BCUT2D eigenvalue weighted by atomic mass is 31.2. The number of carbonyl (C=O) groups excluding carboxylic acids is 1. The summed E-state index contributed by atoms with van der Waals surface area (Å²) in [7, 11) is 1.35. The maximum Gasteiger partial charge on any atom is 0.306 e. The molecule has 0 saturated heterocycles. The molecule has 0 aliphatic heterocycles. The first kappa shape index (κ1) is 47.0. The standard InChI is InChI=1S/C39H76NO7P/c1-6-8-10-12-14-15-16-17-18-19-20-21-22-23-24-25-26-28-30-32-39(41)47-38(36-44-34-31-29-27-13-11-9-7-2)37-46-48(42,43)45-35-33-40(3,4)5/h14-15,17-18,38H,6-13,16,19-37H2,1-5H3/b15-14-,18-17-. The van der Waals surface area contributed by atoms with Gasteiger partial charge in [0, 0.05) is 13.0 Å². The van der Waals surface area contributed by atoms with Gasteiger partial charge < -0.3 is 27.9 Å². The number of carbonyl (C=O) groups is 1. The van der Waals surface area contributed by atoms with E-state index in [4.69, 9.17) is 18.5 Å². The number of hydrogen-bond donors (Lipinski definition) is 0. The van der Waals surface area contributed by atoms with Crippen molar-refractivity contribution in [3.8, 4) is 0 Å². The molecule has 0 fully saturated rings. The van der Waals surface area contributed by atoms with E-state index in [1.54, 1.807) is 0 Å². The van der Waals surface area contributed by atoms with Gasteiger partial charge in [0.05, 0.1) is 34.4 Å². The van der Waals surface area contributed by atoms with Crippen molar-refractivity contribution in [1.29, 1.82) is 0 Å². The van der Waals surface area contributed by atoms with Crippen LogP contribution in [0.3, 0.4) is 0 Å². The third-order valence-electron chi connectivity index (χ3n) is 8.26. The van der Waals surface area contributed by atoms with E-state index in [0.717, 1.165) is 38.5 Å². The Kier molecular flexibility index (Phi) is 32.4. The van der Waals surface area contributed by atoms with Crippen LogP contribution in [-0.4, -0.2) is 70.7 Å². The number of quaternary nitrogens is 1. The lowest BCUT2D eigenvalue weighted by atomic mass is 10.1. The van der Waals surface area contributed by atoms with Crippen LogP contribution >= 0.6 is 7.82 Å². The minimum Gasteiger partial charge on any atom is -0.756 e. The van der Waals surface area contributed by atoms with E-state index in [9.17, 15) is 14.3 Å². The molecule has 0 radical (unpaired) electrons. The predicted molar refractivity (Wildman–Crippen MR) is 199 cm³/mol. The third-order valence-corrected chi connectivity index (χ3v) is 9.22. The molecule has 2 unspecified atom stereocenters. The largest absolute Gasteiger partial charge is 0.756 e. The van der Waals surface area contributed by atoms with Crippen molar-refractivity contribution in [2.24, 2.45) is 0 Å². The highest BCUT2D eigenvalue weighted by Crippen LogP contribution is 2.38. The summed E-state index contributed by atoms with van der Waals surface area (Å²) in [5.41, 5.74) is 0. The number of allylic oxidation sites excluding steroid dienone is 4. The molecule has 48 heavy (non-hydrogen) atoms. The summed E-state index contributed by atoms with van der Waals surface area (Å²) in [6.45, 7) is 5.35. The molecule has 0 aliphatic rings. The maximum absolute atomic E-state index is 12.6. The van der Waals surface area contributed by atoms with Crippen LogP contribution in [-0.2, 0) is 27.9 Å². The van der Waals surface area contributed by atoms with Crippen LogP contribution in [0.2, 0.25) is 0 Å². The Morgan fingerprint density at radius 3 is 1.73 bits per heavy atom. The highest BCUT2D eigenvalue weighted by Gasteiger charge is 2.20. The van der Waals surface area contributed by atoms with Crippen molar-refractivity contribution in [2.75, 3.05) is 54.1 Å². The summed E-state index contributed by atoms with van der Waals surface area (Å²) < 4.78 is 34.3. The molecule has 0 amide bonds. The van der Waals surface area contributed by atoms with Gasteiger partial charge in [0.15, 0.2) is 0 Å². The fourth-order valence-electron chi connectivity index (χ4n) is 5.16. The lowest BCUT2D eigenvalue weighted by Gasteiger charge is -2.28. The van der Waals surface area contributed by atoms with E-state index in [-0.39, 0.29) is 25.8 Å². The molecule has 2 atom stereocenters. The van der Waals surface area contributed by atoms with Crippen molar-refractivity contribution in [1.82, 2.24) is 0 Å². The van der Waals surface area contributed by atoms with Gasteiger partial charge in [0.1, 0.15) is 19.3 Å². The Morgan fingerprint density at radius 1 is 0.646 bits per heavy atom. The van der Waals surface area contributed by atoms with E-state index in [1.165, 1.54) is 103 Å². The van der Waals surface area contributed by atoms with Crippen LogP contribution < -0.4 is 4.89 Å². The maximum atomic E-state index is 12.6. The quantitative estimate of drug-likeness (QED) is 0.0211. The topological polar surface area (TPSA) is 94.1 Å². The van der Waals surface area contributed by atoms with Crippen LogP contribution in [0.5, 0.6) is 0 Å². The molecular weight excluding hydrogens is 625 g/mol. The van der Waals surface area contributed by atoms with Gasteiger partial charge in [-0.05, 0) is 44.9 Å². The van der Waals surface area contributed by atoms with Gasteiger partial charge >= 0.3 is 5.97 Å². The molecule has 8 nitrogen and oxygen atoms in total. The second kappa shape index (κ2) is 33.1. The lowest BCUT2D eigenvalue weighted by Crippen LogP contribution is -2.37. The third kappa shape index (κ3) is 36.3. The molecule has 0 aromatic rings. The number of phosphoric ester groups is 1. The van der Waals surface area contributed by atoms with Crippen molar-refractivity contribution >= 4 is 13.8 Å². The number of phosphoric acid groups is 1. The molecule has 0 aromatic carbocycles. The van der Waals surface area contributed by atoms with E-state index in [1.807, 2.05) is 21.1 Å². The van der Waals surface area contributed by atoms with Crippen molar-refractivity contribution < 1.29 is 37.3 Å².